The molecule has 6 aliphatic carbocycles. The Morgan fingerprint density at radius 3 is 1.62 bits per heavy atom. The smallest absolute Gasteiger partial charge is 0.0543 e. The van der Waals surface area contributed by atoms with E-state index in [0.717, 1.165) is 52.9 Å². The molecule has 0 saturated heterocycles. The zero-order valence-corrected chi connectivity index (χ0v) is 31.3. The number of thiocarbonyl (C=S) groups is 4. The molecule has 0 bridgehead atoms. The highest BCUT2D eigenvalue weighted by Gasteiger charge is 2.56. The average Bonchev–Trinajstić information content (AvgIpc) is 3.90. The number of allylic oxidation sites excluding steroid dienone is 7. The Kier molecular flexibility index (Phi) is 6.91. The Labute approximate surface area is 311 Å². The average molecular weight is 729 g/mol. The summed E-state index contributed by atoms with van der Waals surface area (Å²) in [4.78, 5) is 6.46. The normalized spacial score (nSPS) is 21.8. The van der Waals surface area contributed by atoms with Crippen LogP contribution >= 0.6 is 71.5 Å². The fourth-order valence-corrected chi connectivity index (χ4v) is 14.3. The molecule has 2 fully saturated rings. The number of rotatable bonds is 2. The molecule has 2 saturated carbocycles. The molecule has 236 valence electrons. The van der Waals surface area contributed by atoms with Gasteiger partial charge in [-0.3, -0.25) is 0 Å². The van der Waals surface area contributed by atoms with Crippen LogP contribution in [-0.2, 0) is 5.41 Å². The van der Waals surface area contributed by atoms with Crippen molar-refractivity contribution in [2.45, 2.75) is 69.6 Å². The van der Waals surface area contributed by atoms with Crippen molar-refractivity contribution >= 4 is 112 Å². The molecular formula is C42H32S6. The molecule has 6 aliphatic rings. The van der Waals surface area contributed by atoms with Crippen molar-refractivity contribution < 1.29 is 0 Å². The van der Waals surface area contributed by atoms with Gasteiger partial charge >= 0.3 is 0 Å². The van der Waals surface area contributed by atoms with Gasteiger partial charge in [0.15, 0.2) is 0 Å². The summed E-state index contributed by atoms with van der Waals surface area (Å²) in [6.45, 7) is 0. The van der Waals surface area contributed by atoms with Gasteiger partial charge in [-0.2, -0.15) is 0 Å². The molecule has 0 atom stereocenters. The Bertz CT molecular complexity index is 2240. The monoisotopic (exact) mass is 728 g/mol. The van der Waals surface area contributed by atoms with Crippen LogP contribution < -0.4 is 0 Å². The summed E-state index contributed by atoms with van der Waals surface area (Å²) in [7, 11) is 0. The van der Waals surface area contributed by atoms with Crippen molar-refractivity contribution in [1.29, 1.82) is 0 Å². The highest BCUT2D eigenvalue weighted by molar-refractivity contribution is 7.84. The maximum absolute atomic E-state index is 6.10. The molecule has 0 N–H and O–H groups in total. The summed E-state index contributed by atoms with van der Waals surface area (Å²) in [6, 6.07) is 19.2. The van der Waals surface area contributed by atoms with Crippen LogP contribution in [0.25, 0.3) is 21.0 Å². The fourth-order valence-electron chi connectivity index (χ4n) is 9.86. The maximum Gasteiger partial charge on any atom is 0.0543 e. The number of benzene rings is 2. The minimum atomic E-state index is 0.0437. The second kappa shape index (κ2) is 11.0. The van der Waals surface area contributed by atoms with Crippen LogP contribution in [0.4, 0.5) is 0 Å². The lowest BCUT2D eigenvalue weighted by Crippen LogP contribution is -2.28. The van der Waals surface area contributed by atoms with Crippen LogP contribution in [-0.4, -0.2) is 19.5 Å². The molecule has 0 unspecified atom stereocenters. The second-order valence-electron chi connectivity index (χ2n) is 14.3. The molecular weight excluding hydrogens is 697 g/mol. The Morgan fingerprint density at radius 2 is 1.08 bits per heavy atom. The van der Waals surface area contributed by atoms with Crippen LogP contribution in [0.15, 0.2) is 89.0 Å². The quantitative estimate of drug-likeness (QED) is 0.149. The van der Waals surface area contributed by atoms with E-state index in [1.165, 1.54) is 84.1 Å². The molecule has 0 amide bonds. The van der Waals surface area contributed by atoms with Gasteiger partial charge in [-0.25, -0.2) is 0 Å². The van der Waals surface area contributed by atoms with E-state index in [-0.39, 0.29) is 10.8 Å². The van der Waals surface area contributed by atoms with Crippen molar-refractivity contribution in [1.82, 2.24) is 0 Å². The number of fused-ring (bicyclic) bond motifs is 9. The molecule has 2 aromatic heterocycles. The van der Waals surface area contributed by atoms with Crippen LogP contribution in [0, 0.1) is 5.41 Å². The minimum Gasteiger partial charge on any atom is -0.135 e. The van der Waals surface area contributed by atoms with Crippen LogP contribution in [0.3, 0.4) is 0 Å². The maximum atomic E-state index is 6.10. The van der Waals surface area contributed by atoms with E-state index < -0.39 is 0 Å². The predicted octanol–water partition coefficient (Wildman–Crippen LogP) is 12.4. The summed E-state index contributed by atoms with van der Waals surface area (Å²) in [6.07, 6.45) is 20.0. The molecule has 48 heavy (non-hydrogen) atoms. The Hall–Kier alpha value is -2.58. The minimum absolute atomic E-state index is 0.0437. The van der Waals surface area contributed by atoms with E-state index in [1.807, 2.05) is 11.3 Å². The van der Waals surface area contributed by atoms with Gasteiger partial charge < -0.3 is 0 Å². The SMILES string of the molecule is S=C1C(=CC2=CC3=C(c4sc5cc(C=C6C(=S)c7ccccc7C6=S)sc5c4C34CCCCC4)C23CCCCC3)C(=S)c2ccccc21. The number of hydrogen-bond donors (Lipinski definition) is 0. The summed E-state index contributed by atoms with van der Waals surface area (Å²) in [5.41, 5.74) is 13.1. The first-order valence-corrected chi connectivity index (χ1v) is 20.5. The molecule has 2 heterocycles. The third-order valence-corrected chi connectivity index (χ3v) is 16.2. The zero-order chi connectivity index (χ0) is 32.4. The molecule has 0 aliphatic heterocycles. The summed E-state index contributed by atoms with van der Waals surface area (Å²) in [5, 5.41) is 0. The van der Waals surface area contributed by atoms with Gasteiger partial charge in [0.2, 0.25) is 0 Å². The lowest BCUT2D eigenvalue weighted by atomic mass is 9.66. The lowest BCUT2D eigenvalue weighted by Gasteiger charge is -2.38. The molecule has 6 heteroatoms. The highest BCUT2D eigenvalue weighted by Crippen LogP contribution is 2.70. The van der Waals surface area contributed by atoms with Crippen molar-refractivity contribution in [3.8, 4) is 0 Å². The summed E-state index contributed by atoms with van der Waals surface area (Å²) in [5.74, 6) is 0. The first-order chi connectivity index (χ1) is 23.4. The largest absolute Gasteiger partial charge is 0.135 e. The second-order valence-corrected chi connectivity index (χ2v) is 18.1. The molecule has 4 aromatic rings. The van der Waals surface area contributed by atoms with E-state index in [1.54, 1.807) is 21.6 Å². The molecule has 2 aromatic carbocycles. The van der Waals surface area contributed by atoms with Gasteiger partial charge in [0, 0.05) is 58.7 Å². The Balaban J connectivity index is 1.12. The Morgan fingerprint density at radius 1 is 0.583 bits per heavy atom. The van der Waals surface area contributed by atoms with Gasteiger partial charge in [-0.1, -0.05) is 142 Å². The lowest BCUT2D eigenvalue weighted by molar-refractivity contribution is 0.329. The molecule has 0 radical (unpaired) electrons. The van der Waals surface area contributed by atoms with Gasteiger partial charge in [-0.15, -0.1) is 22.7 Å². The van der Waals surface area contributed by atoms with Crippen LogP contribution in [0.1, 0.15) is 102 Å². The van der Waals surface area contributed by atoms with Gasteiger partial charge in [0.25, 0.3) is 0 Å². The van der Waals surface area contributed by atoms with E-state index in [2.05, 4.69) is 84.2 Å². The third kappa shape index (κ3) is 4.02. The van der Waals surface area contributed by atoms with E-state index in [0.29, 0.717) is 0 Å². The number of hydrogen-bond acceptors (Lipinski definition) is 6. The van der Waals surface area contributed by atoms with Gasteiger partial charge in [0.05, 0.1) is 24.2 Å². The van der Waals surface area contributed by atoms with E-state index >= 15 is 0 Å². The molecule has 2 spiro atoms. The topological polar surface area (TPSA) is 0 Å². The predicted molar refractivity (Wildman–Crippen MR) is 221 cm³/mol. The van der Waals surface area contributed by atoms with Gasteiger partial charge in [-0.05, 0) is 66.2 Å². The first-order valence-electron chi connectivity index (χ1n) is 17.3. The van der Waals surface area contributed by atoms with Crippen LogP contribution in [0.2, 0.25) is 0 Å². The highest BCUT2D eigenvalue weighted by atomic mass is 32.1. The summed E-state index contributed by atoms with van der Waals surface area (Å²) < 4.78 is 2.92. The van der Waals surface area contributed by atoms with E-state index in [4.69, 9.17) is 48.9 Å². The number of thiophene rings is 2. The van der Waals surface area contributed by atoms with Crippen molar-refractivity contribution in [2.24, 2.45) is 5.41 Å². The third-order valence-electron chi connectivity index (χ3n) is 12.0. The van der Waals surface area contributed by atoms with Gasteiger partial charge in [0.1, 0.15) is 0 Å². The molecule has 0 nitrogen and oxygen atoms in total. The zero-order valence-electron chi connectivity index (χ0n) is 26.4. The van der Waals surface area contributed by atoms with Crippen molar-refractivity contribution in [3.05, 3.63) is 127 Å². The van der Waals surface area contributed by atoms with E-state index in [9.17, 15) is 0 Å². The fraction of sp³-hybridized carbons (Fsp3) is 0.286. The van der Waals surface area contributed by atoms with Crippen LogP contribution in [0.5, 0.6) is 0 Å². The van der Waals surface area contributed by atoms with Crippen molar-refractivity contribution in [2.75, 3.05) is 0 Å². The summed E-state index contributed by atoms with van der Waals surface area (Å²) >= 11 is 28.1. The standard InChI is InChI=1S/C42H32S6/c43-35-25-11-3-4-12-26(25)36(44)29(35)19-23-20-31-33(41(23)15-7-1-8-16-41)40-34(42(31)17-9-2-10-18-42)39-32(48-40)22-24(47-39)21-30-37(45)27-13-5-6-14-28(27)38(30)46/h3-6,11-14,19-22H,1-2,7-10,15-18H2. The van der Waals surface area contributed by atoms with Crippen molar-refractivity contribution in [3.63, 3.8) is 0 Å². The molecule has 10 rings (SSSR count). The first kappa shape index (κ1) is 30.3.